The molecule has 4 amide bonds. The quantitative estimate of drug-likeness (QED) is 0.163. The maximum Gasteiger partial charge on any atom is 0.328 e. The molecule has 0 radical (unpaired) electrons. The molecule has 1 fully saturated rings. The van der Waals surface area contributed by atoms with E-state index in [0.717, 1.165) is 6.42 Å². The highest BCUT2D eigenvalue weighted by molar-refractivity contribution is 5.94. The smallest absolute Gasteiger partial charge is 0.328 e. The van der Waals surface area contributed by atoms with Crippen molar-refractivity contribution in [3.63, 3.8) is 0 Å². The van der Waals surface area contributed by atoms with Crippen molar-refractivity contribution >= 4 is 29.6 Å². The molecule has 0 aromatic heterocycles. The summed E-state index contributed by atoms with van der Waals surface area (Å²) in [5.74, 6) is -4.26. The Morgan fingerprint density at radius 2 is 1.74 bits per heavy atom. The van der Waals surface area contributed by atoms with Crippen LogP contribution in [0.1, 0.15) is 46.0 Å². The molecule has 0 saturated carbocycles. The molecule has 0 aliphatic carbocycles. The van der Waals surface area contributed by atoms with Gasteiger partial charge in [-0.1, -0.05) is 20.3 Å². The van der Waals surface area contributed by atoms with Crippen molar-refractivity contribution < 1.29 is 34.2 Å². The molecule has 0 aromatic rings. The molecule has 0 bridgehead atoms. The van der Waals surface area contributed by atoms with Crippen molar-refractivity contribution in [2.75, 3.05) is 13.2 Å². The summed E-state index contributed by atoms with van der Waals surface area (Å²) in [6.07, 6.45) is 1.67. The van der Waals surface area contributed by atoms with Gasteiger partial charge in [-0.15, -0.1) is 0 Å². The number of hydrogen-bond donors (Lipinski definition) is 7. The van der Waals surface area contributed by atoms with Crippen molar-refractivity contribution in [2.45, 2.75) is 70.1 Å². The molecule has 1 rings (SSSR count). The third kappa shape index (κ3) is 8.50. The number of carboxylic acid groups (broad SMARTS) is 1. The van der Waals surface area contributed by atoms with E-state index in [1.54, 1.807) is 6.92 Å². The minimum atomic E-state index is -1.57. The zero-order valence-corrected chi connectivity index (χ0v) is 17.8. The Bertz CT molecular complexity index is 666. The largest absolute Gasteiger partial charge is 0.480 e. The number of nitrogens with two attached hydrogens (primary N) is 1. The van der Waals surface area contributed by atoms with Crippen LogP contribution in [0.3, 0.4) is 0 Å². The van der Waals surface area contributed by atoms with Crippen molar-refractivity contribution in [1.29, 1.82) is 0 Å². The van der Waals surface area contributed by atoms with E-state index < -0.39 is 54.5 Å². The lowest BCUT2D eigenvalue weighted by Gasteiger charge is -2.27. The van der Waals surface area contributed by atoms with Gasteiger partial charge in [0.2, 0.25) is 23.6 Å². The molecular weight excluding hydrogens is 410 g/mol. The van der Waals surface area contributed by atoms with Gasteiger partial charge in [-0.05, 0) is 31.7 Å². The normalized spacial score (nSPS) is 19.5. The molecule has 12 nitrogen and oxygen atoms in total. The molecule has 0 aromatic carbocycles. The van der Waals surface area contributed by atoms with Crippen LogP contribution in [-0.2, 0) is 24.0 Å². The van der Waals surface area contributed by atoms with Crippen molar-refractivity contribution in [1.82, 2.24) is 21.3 Å². The minimum Gasteiger partial charge on any atom is -0.480 e. The number of nitrogens with one attached hydrogen (secondary N) is 4. The maximum absolute atomic E-state index is 12.9. The Balaban J connectivity index is 2.93. The molecule has 176 valence electrons. The SMILES string of the molecule is CCC(C)C(NC(=O)C1CCCN1)C(=O)NC(CCC(N)=O)C(=O)NC(CO)C(=O)O. The summed E-state index contributed by atoms with van der Waals surface area (Å²) in [5.41, 5.74) is 5.13. The van der Waals surface area contributed by atoms with E-state index in [9.17, 15) is 24.0 Å². The number of hydrogen-bond acceptors (Lipinski definition) is 7. The number of aliphatic carboxylic acids is 1. The van der Waals surface area contributed by atoms with E-state index in [0.29, 0.717) is 19.4 Å². The van der Waals surface area contributed by atoms with E-state index in [4.69, 9.17) is 15.9 Å². The van der Waals surface area contributed by atoms with Crippen LogP contribution in [0.2, 0.25) is 0 Å². The van der Waals surface area contributed by atoms with Gasteiger partial charge in [0.15, 0.2) is 0 Å². The van der Waals surface area contributed by atoms with Crippen LogP contribution in [0.25, 0.3) is 0 Å². The van der Waals surface area contributed by atoms with Crippen molar-refractivity contribution in [2.24, 2.45) is 11.7 Å². The predicted molar refractivity (Wildman–Crippen MR) is 109 cm³/mol. The fourth-order valence-corrected chi connectivity index (χ4v) is 3.14. The second-order valence-corrected chi connectivity index (χ2v) is 7.67. The number of aliphatic hydroxyl groups is 1. The van der Waals surface area contributed by atoms with E-state index >= 15 is 0 Å². The molecule has 5 unspecified atom stereocenters. The topological polar surface area (TPSA) is 200 Å². The van der Waals surface area contributed by atoms with Gasteiger partial charge in [0.25, 0.3) is 0 Å². The number of primary amides is 1. The fourth-order valence-electron chi connectivity index (χ4n) is 3.14. The first-order valence-electron chi connectivity index (χ1n) is 10.4. The zero-order valence-electron chi connectivity index (χ0n) is 17.8. The zero-order chi connectivity index (χ0) is 23.6. The molecule has 12 heteroatoms. The molecule has 31 heavy (non-hydrogen) atoms. The van der Waals surface area contributed by atoms with Gasteiger partial charge in [0.05, 0.1) is 12.6 Å². The average Bonchev–Trinajstić information content (AvgIpc) is 3.26. The highest BCUT2D eigenvalue weighted by Crippen LogP contribution is 2.12. The third-order valence-corrected chi connectivity index (χ3v) is 5.28. The average molecular weight is 444 g/mol. The summed E-state index contributed by atoms with van der Waals surface area (Å²) in [6, 6.07) is -4.17. The van der Waals surface area contributed by atoms with Gasteiger partial charge in [-0.3, -0.25) is 19.2 Å². The monoisotopic (exact) mass is 443 g/mol. The van der Waals surface area contributed by atoms with Gasteiger partial charge < -0.3 is 37.2 Å². The summed E-state index contributed by atoms with van der Waals surface area (Å²) in [6.45, 7) is 3.49. The molecule has 1 aliphatic heterocycles. The lowest BCUT2D eigenvalue weighted by Crippen LogP contribution is -2.58. The van der Waals surface area contributed by atoms with Gasteiger partial charge in [-0.2, -0.15) is 0 Å². The molecule has 1 aliphatic rings. The summed E-state index contributed by atoms with van der Waals surface area (Å²) < 4.78 is 0. The van der Waals surface area contributed by atoms with Crippen LogP contribution in [-0.4, -0.2) is 77.1 Å². The highest BCUT2D eigenvalue weighted by Gasteiger charge is 2.33. The summed E-state index contributed by atoms with van der Waals surface area (Å²) in [7, 11) is 0. The van der Waals surface area contributed by atoms with Crippen LogP contribution >= 0.6 is 0 Å². The summed E-state index contributed by atoms with van der Waals surface area (Å²) in [5, 5.41) is 28.5. The number of aliphatic hydroxyl groups excluding tert-OH is 1. The first-order chi connectivity index (χ1) is 14.6. The predicted octanol–water partition coefficient (Wildman–Crippen LogP) is -2.42. The van der Waals surface area contributed by atoms with E-state index in [-0.39, 0.29) is 24.7 Å². The van der Waals surface area contributed by atoms with E-state index in [2.05, 4.69) is 21.3 Å². The fraction of sp³-hybridized carbons (Fsp3) is 0.737. The Labute approximate surface area is 180 Å². The molecule has 0 spiro atoms. The number of rotatable bonds is 13. The minimum absolute atomic E-state index is 0.171. The van der Waals surface area contributed by atoms with Gasteiger partial charge in [-0.25, -0.2) is 4.79 Å². The Morgan fingerprint density at radius 3 is 2.23 bits per heavy atom. The number of carbonyl (C=O) groups is 5. The molecular formula is C19H33N5O7. The second kappa shape index (κ2) is 12.8. The molecule has 1 heterocycles. The van der Waals surface area contributed by atoms with E-state index in [1.807, 2.05) is 6.92 Å². The second-order valence-electron chi connectivity index (χ2n) is 7.67. The van der Waals surface area contributed by atoms with Gasteiger partial charge >= 0.3 is 5.97 Å². The highest BCUT2D eigenvalue weighted by atomic mass is 16.4. The number of carboxylic acids is 1. The maximum atomic E-state index is 12.9. The lowest BCUT2D eigenvalue weighted by atomic mass is 9.97. The van der Waals surface area contributed by atoms with Crippen LogP contribution in [0.4, 0.5) is 0 Å². The van der Waals surface area contributed by atoms with Crippen LogP contribution in [0.15, 0.2) is 0 Å². The molecule has 8 N–H and O–H groups in total. The Hall–Kier alpha value is -2.73. The van der Waals surface area contributed by atoms with Crippen LogP contribution in [0, 0.1) is 5.92 Å². The first kappa shape index (κ1) is 26.3. The van der Waals surface area contributed by atoms with Gasteiger partial charge in [0.1, 0.15) is 18.1 Å². The Kier molecular flexibility index (Phi) is 10.9. The van der Waals surface area contributed by atoms with Crippen LogP contribution in [0.5, 0.6) is 0 Å². The van der Waals surface area contributed by atoms with E-state index in [1.165, 1.54) is 0 Å². The van der Waals surface area contributed by atoms with Gasteiger partial charge in [0, 0.05) is 6.42 Å². The third-order valence-electron chi connectivity index (χ3n) is 5.28. The standard InChI is InChI=1S/C19H33N5O7/c1-3-10(2)15(24-16(27)11-5-4-8-21-11)18(29)22-12(6-7-14(20)26)17(28)23-13(9-25)19(30)31/h10-13,15,21,25H,3-9H2,1-2H3,(H2,20,26)(H,22,29)(H,23,28)(H,24,27)(H,30,31). The van der Waals surface area contributed by atoms with Crippen molar-refractivity contribution in [3.05, 3.63) is 0 Å². The lowest BCUT2D eigenvalue weighted by molar-refractivity contribution is -0.143. The summed E-state index contributed by atoms with van der Waals surface area (Å²) in [4.78, 5) is 60.2. The number of carbonyl (C=O) groups excluding carboxylic acids is 4. The Morgan fingerprint density at radius 1 is 1.10 bits per heavy atom. The van der Waals surface area contributed by atoms with Crippen molar-refractivity contribution in [3.8, 4) is 0 Å². The van der Waals surface area contributed by atoms with Crippen LogP contribution < -0.4 is 27.0 Å². The number of amides is 4. The first-order valence-corrected chi connectivity index (χ1v) is 10.4. The molecule has 5 atom stereocenters. The molecule has 1 saturated heterocycles. The summed E-state index contributed by atoms with van der Waals surface area (Å²) >= 11 is 0.